The van der Waals surface area contributed by atoms with Crippen molar-refractivity contribution >= 4 is 27.5 Å². The van der Waals surface area contributed by atoms with Crippen molar-refractivity contribution in [3.8, 4) is 5.75 Å². The molecule has 0 unspecified atom stereocenters. The minimum atomic E-state index is -3.49. The van der Waals surface area contributed by atoms with Crippen LogP contribution in [0.2, 0.25) is 5.02 Å². The molecule has 2 rings (SSSR count). The molecule has 0 radical (unpaired) electrons. The number of sulfonamides is 1. The second-order valence-corrected chi connectivity index (χ2v) is 8.51. The summed E-state index contributed by atoms with van der Waals surface area (Å²) >= 11 is 5.89. The molecule has 0 heterocycles. The summed E-state index contributed by atoms with van der Waals surface area (Å²) in [5.74, 6) is 0.565. The molecule has 2 aromatic carbocycles. The van der Waals surface area contributed by atoms with Gasteiger partial charge in [0.25, 0.3) is 0 Å². The molecule has 0 saturated carbocycles. The molecule has 0 aliphatic carbocycles. The summed E-state index contributed by atoms with van der Waals surface area (Å²) in [6, 6.07) is 13.5. The molecule has 27 heavy (non-hydrogen) atoms. The van der Waals surface area contributed by atoms with Crippen LogP contribution >= 0.6 is 11.6 Å². The van der Waals surface area contributed by atoms with Gasteiger partial charge in [0, 0.05) is 25.0 Å². The zero-order valence-electron chi connectivity index (χ0n) is 15.5. The van der Waals surface area contributed by atoms with Gasteiger partial charge in [-0.15, -0.1) is 0 Å². The summed E-state index contributed by atoms with van der Waals surface area (Å²) in [5, 5.41) is 0.541. The summed E-state index contributed by atoms with van der Waals surface area (Å²) in [6.45, 7) is 0.412. The first-order valence-corrected chi connectivity index (χ1v) is 10.5. The monoisotopic (exact) mass is 410 g/mol. The van der Waals surface area contributed by atoms with E-state index in [-0.39, 0.29) is 12.3 Å². The highest BCUT2D eigenvalue weighted by atomic mass is 35.5. The van der Waals surface area contributed by atoms with Gasteiger partial charge >= 0.3 is 0 Å². The number of amides is 1. The lowest BCUT2D eigenvalue weighted by Crippen LogP contribution is -2.34. The van der Waals surface area contributed by atoms with Crippen LogP contribution in [0.15, 0.2) is 48.5 Å². The Morgan fingerprint density at radius 3 is 2.26 bits per heavy atom. The number of carbonyl (C=O) groups excluding carboxylic acids is 1. The van der Waals surface area contributed by atoms with Crippen molar-refractivity contribution in [1.29, 1.82) is 0 Å². The van der Waals surface area contributed by atoms with Crippen LogP contribution in [-0.2, 0) is 21.4 Å². The molecule has 0 saturated heterocycles. The standard InChI is InChI=1S/C19H23ClN2O4S/c1-22(13-14-4-10-17(26-2)11-5-14)19(23)12-18(21-27(3,24)25)15-6-8-16(20)9-7-15/h4-11,18,21H,12-13H2,1-3H3/t18-/m1/s1. The zero-order chi connectivity index (χ0) is 20.0. The minimum Gasteiger partial charge on any atom is -0.497 e. The molecule has 2 aromatic rings. The summed E-state index contributed by atoms with van der Waals surface area (Å²) in [4.78, 5) is 14.2. The van der Waals surface area contributed by atoms with Crippen molar-refractivity contribution < 1.29 is 17.9 Å². The Balaban J connectivity index is 2.10. The Labute approximate surface area is 165 Å². The number of methoxy groups -OCH3 is 1. The second kappa shape index (κ2) is 9.21. The van der Waals surface area contributed by atoms with E-state index in [1.165, 1.54) is 0 Å². The Hall–Kier alpha value is -2.09. The number of hydrogen-bond donors (Lipinski definition) is 1. The van der Waals surface area contributed by atoms with Crippen molar-refractivity contribution in [2.45, 2.75) is 19.0 Å². The Morgan fingerprint density at radius 1 is 1.15 bits per heavy atom. The van der Waals surface area contributed by atoms with E-state index in [1.807, 2.05) is 24.3 Å². The maximum Gasteiger partial charge on any atom is 0.224 e. The van der Waals surface area contributed by atoms with Gasteiger partial charge in [-0.05, 0) is 35.4 Å². The van der Waals surface area contributed by atoms with Gasteiger partial charge in [-0.25, -0.2) is 13.1 Å². The summed E-state index contributed by atoms with van der Waals surface area (Å²) in [5.41, 5.74) is 1.63. The lowest BCUT2D eigenvalue weighted by atomic mass is 10.0. The first-order valence-electron chi connectivity index (χ1n) is 8.27. The molecule has 6 nitrogen and oxygen atoms in total. The molecular formula is C19H23ClN2O4S. The Morgan fingerprint density at radius 2 is 1.74 bits per heavy atom. The van der Waals surface area contributed by atoms with Gasteiger partial charge in [0.05, 0.1) is 19.4 Å². The smallest absolute Gasteiger partial charge is 0.224 e. The molecule has 0 spiro atoms. The van der Waals surface area contributed by atoms with Crippen LogP contribution in [0.1, 0.15) is 23.6 Å². The van der Waals surface area contributed by atoms with Crippen molar-refractivity contribution in [2.24, 2.45) is 0 Å². The number of halogens is 1. The number of rotatable bonds is 8. The molecule has 0 fully saturated rings. The fourth-order valence-corrected chi connectivity index (χ4v) is 3.47. The fourth-order valence-electron chi connectivity index (χ4n) is 2.60. The highest BCUT2D eigenvalue weighted by Gasteiger charge is 2.22. The molecule has 1 N–H and O–H groups in total. The predicted molar refractivity (Wildman–Crippen MR) is 106 cm³/mol. The van der Waals surface area contributed by atoms with E-state index in [4.69, 9.17) is 16.3 Å². The highest BCUT2D eigenvalue weighted by molar-refractivity contribution is 7.88. The normalized spacial score (nSPS) is 12.4. The maximum atomic E-state index is 12.6. The second-order valence-electron chi connectivity index (χ2n) is 6.30. The topological polar surface area (TPSA) is 75.7 Å². The summed E-state index contributed by atoms with van der Waals surface area (Å²) in [7, 11) is -0.207. The van der Waals surface area contributed by atoms with Crippen molar-refractivity contribution in [3.05, 3.63) is 64.7 Å². The van der Waals surface area contributed by atoms with Gasteiger partial charge in [0.15, 0.2) is 0 Å². The molecule has 1 atom stereocenters. The van der Waals surface area contributed by atoms with E-state index in [0.29, 0.717) is 17.1 Å². The van der Waals surface area contributed by atoms with E-state index >= 15 is 0 Å². The lowest BCUT2D eigenvalue weighted by Gasteiger charge is -2.22. The average molecular weight is 411 g/mol. The molecule has 8 heteroatoms. The van der Waals surface area contributed by atoms with Crippen LogP contribution in [-0.4, -0.2) is 39.6 Å². The summed E-state index contributed by atoms with van der Waals surface area (Å²) in [6.07, 6.45) is 1.07. The van der Waals surface area contributed by atoms with Crippen molar-refractivity contribution in [1.82, 2.24) is 9.62 Å². The van der Waals surface area contributed by atoms with Gasteiger partial charge in [-0.3, -0.25) is 4.79 Å². The summed E-state index contributed by atoms with van der Waals surface area (Å²) < 4.78 is 31.1. The number of nitrogens with zero attached hydrogens (tertiary/aromatic N) is 1. The van der Waals surface area contributed by atoms with E-state index < -0.39 is 16.1 Å². The van der Waals surface area contributed by atoms with Crippen LogP contribution in [0.25, 0.3) is 0 Å². The molecule has 0 aliphatic heterocycles. The third-order valence-corrected chi connectivity index (χ3v) is 4.98. The SMILES string of the molecule is COc1ccc(CN(C)C(=O)C[C@@H](NS(C)(=O)=O)c2ccc(Cl)cc2)cc1. The van der Waals surface area contributed by atoms with Crippen LogP contribution in [0.4, 0.5) is 0 Å². The number of nitrogens with one attached hydrogen (secondary N) is 1. The molecule has 0 aromatic heterocycles. The average Bonchev–Trinajstić information content (AvgIpc) is 2.61. The van der Waals surface area contributed by atoms with Gasteiger partial charge in [0.1, 0.15) is 5.75 Å². The Kier molecular flexibility index (Phi) is 7.24. The first-order chi connectivity index (χ1) is 12.7. The molecule has 0 aliphatic rings. The van der Waals surface area contributed by atoms with Crippen LogP contribution in [0.5, 0.6) is 5.75 Å². The van der Waals surface area contributed by atoms with Gasteiger partial charge in [0.2, 0.25) is 15.9 Å². The Bertz CT molecular complexity index is 868. The van der Waals surface area contributed by atoms with Gasteiger partial charge in [-0.2, -0.15) is 0 Å². The number of ether oxygens (including phenoxy) is 1. The van der Waals surface area contributed by atoms with Crippen molar-refractivity contribution in [2.75, 3.05) is 20.4 Å². The maximum absolute atomic E-state index is 12.6. The van der Waals surface area contributed by atoms with E-state index in [2.05, 4.69) is 4.72 Å². The zero-order valence-corrected chi connectivity index (χ0v) is 17.0. The third kappa shape index (κ3) is 6.86. The molecule has 146 valence electrons. The van der Waals surface area contributed by atoms with E-state index in [0.717, 1.165) is 17.6 Å². The molecular weight excluding hydrogens is 388 g/mol. The molecule has 1 amide bonds. The van der Waals surface area contributed by atoms with Gasteiger partial charge < -0.3 is 9.64 Å². The van der Waals surface area contributed by atoms with E-state index in [9.17, 15) is 13.2 Å². The first kappa shape index (κ1) is 21.2. The minimum absolute atomic E-state index is 0.00135. The van der Waals surface area contributed by atoms with Crippen molar-refractivity contribution in [3.63, 3.8) is 0 Å². The van der Waals surface area contributed by atoms with Crippen LogP contribution in [0.3, 0.4) is 0 Å². The quantitative estimate of drug-likeness (QED) is 0.725. The lowest BCUT2D eigenvalue weighted by molar-refractivity contribution is -0.130. The van der Waals surface area contributed by atoms with E-state index in [1.54, 1.807) is 43.3 Å². The van der Waals surface area contributed by atoms with Crippen LogP contribution < -0.4 is 9.46 Å². The fraction of sp³-hybridized carbons (Fsp3) is 0.316. The number of hydrogen-bond acceptors (Lipinski definition) is 4. The van der Waals surface area contributed by atoms with Gasteiger partial charge in [-0.1, -0.05) is 35.9 Å². The predicted octanol–water partition coefficient (Wildman–Crippen LogP) is 2.99. The number of carbonyl (C=O) groups is 1. The third-order valence-electron chi connectivity index (χ3n) is 4.01. The van der Waals surface area contributed by atoms with Crippen LogP contribution in [0, 0.1) is 0 Å². The largest absolute Gasteiger partial charge is 0.497 e. The highest BCUT2D eigenvalue weighted by Crippen LogP contribution is 2.22. The molecule has 0 bridgehead atoms. The number of benzene rings is 2.